The van der Waals surface area contributed by atoms with Crippen LogP contribution in [0.4, 0.5) is 11.4 Å². The molecule has 20 heavy (non-hydrogen) atoms. The average Bonchev–Trinajstić information content (AvgIpc) is 2.95. The lowest BCUT2D eigenvalue weighted by Crippen LogP contribution is -2.30. The predicted octanol–water partition coefficient (Wildman–Crippen LogP) is 2.47. The molecule has 0 aromatic heterocycles. The zero-order valence-electron chi connectivity index (χ0n) is 12.6. The van der Waals surface area contributed by atoms with Crippen molar-refractivity contribution in [3.05, 3.63) is 24.3 Å². The first-order valence-electron chi connectivity index (χ1n) is 7.50. The van der Waals surface area contributed by atoms with Crippen LogP contribution in [0.25, 0.3) is 0 Å². The Hall–Kier alpha value is -1.55. The Kier molecular flexibility index (Phi) is 5.01. The van der Waals surface area contributed by atoms with Crippen LogP contribution < -0.4 is 15.5 Å². The molecule has 1 aromatic carbocycles. The van der Waals surface area contributed by atoms with Gasteiger partial charge in [-0.15, -0.1) is 0 Å². The SMILES string of the molecule is CCN(c1ccc(NC(=O)C2CCNC2)cc1)C(C)C. The Bertz CT molecular complexity index is 436. The zero-order valence-corrected chi connectivity index (χ0v) is 12.6. The van der Waals surface area contributed by atoms with E-state index in [4.69, 9.17) is 0 Å². The number of carbonyl (C=O) groups is 1. The second-order valence-electron chi connectivity index (χ2n) is 5.61. The van der Waals surface area contributed by atoms with Gasteiger partial charge in [0, 0.05) is 30.5 Å². The van der Waals surface area contributed by atoms with E-state index in [1.165, 1.54) is 5.69 Å². The fourth-order valence-corrected chi connectivity index (χ4v) is 2.70. The minimum Gasteiger partial charge on any atom is -0.369 e. The van der Waals surface area contributed by atoms with Gasteiger partial charge in [0.05, 0.1) is 5.92 Å². The van der Waals surface area contributed by atoms with E-state index in [2.05, 4.69) is 48.4 Å². The number of carbonyl (C=O) groups excluding carboxylic acids is 1. The Morgan fingerprint density at radius 3 is 2.60 bits per heavy atom. The lowest BCUT2D eigenvalue weighted by molar-refractivity contribution is -0.119. The van der Waals surface area contributed by atoms with Crippen molar-refractivity contribution in [3.63, 3.8) is 0 Å². The molecule has 2 N–H and O–H groups in total. The minimum absolute atomic E-state index is 0.109. The number of hydrogen-bond donors (Lipinski definition) is 2. The van der Waals surface area contributed by atoms with Crippen LogP contribution in [0.5, 0.6) is 0 Å². The molecule has 1 fully saturated rings. The van der Waals surface area contributed by atoms with Crippen molar-refractivity contribution in [1.82, 2.24) is 5.32 Å². The summed E-state index contributed by atoms with van der Waals surface area (Å²) in [5, 5.41) is 6.22. The molecule has 1 aliphatic heterocycles. The molecular formula is C16H25N3O. The molecule has 2 rings (SSSR count). The summed E-state index contributed by atoms with van der Waals surface area (Å²) in [6.07, 6.45) is 0.931. The Morgan fingerprint density at radius 1 is 1.40 bits per heavy atom. The Morgan fingerprint density at radius 2 is 2.10 bits per heavy atom. The van der Waals surface area contributed by atoms with E-state index in [0.29, 0.717) is 6.04 Å². The Labute approximate surface area is 121 Å². The highest BCUT2D eigenvalue weighted by Crippen LogP contribution is 2.20. The minimum atomic E-state index is 0.109. The first-order chi connectivity index (χ1) is 9.61. The summed E-state index contributed by atoms with van der Waals surface area (Å²) >= 11 is 0. The molecule has 0 saturated carbocycles. The van der Waals surface area contributed by atoms with E-state index in [1.54, 1.807) is 0 Å². The molecule has 0 spiro atoms. The molecule has 1 atom stereocenters. The predicted molar refractivity (Wildman–Crippen MR) is 84.2 cm³/mol. The van der Waals surface area contributed by atoms with Gasteiger partial charge >= 0.3 is 0 Å². The van der Waals surface area contributed by atoms with Crippen LogP contribution in [-0.4, -0.2) is 31.6 Å². The summed E-state index contributed by atoms with van der Waals surface area (Å²) in [4.78, 5) is 14.4. The molecule has 110 valence electrons. The number of hydrogen-bond acceptors (Lipinski definition) is 3. The van der Waals surface area contributed by atoms with E-state index >= 15 is 0 Å². The van der Waals surface area contributed by atoms with Crippen LogP contribution in [0.2, 0.25) is 0 Å². The van der Waals surface area contributed by atoms with E-state index in [-0.39, 0.29) is 11.8 Å². The maximum atomic E-state index is 12.0. The second-order valence-corrected chi connectivity index (χ2v) is 5.61. The largest absolute Gasteiger partial charge is 0.369 e. The van der Waals surface area contributed by atoms with Crippen molar-refractivity contribution in [1.29, 1.82) is 0 Å². The number of rotatable bonds is 5. The standard InChI is InChI=1S/C16H25N3O/c1-4-19(12(2)3)15-7-5-14(6-8-15)18-16(20)13-9-10-17-11-13/h5-8,12-13,17H,4,9-11H2,1-3H3,(H,18,20). The lowest BCUT2D eigenvalue weighted by Gasteiger charge is -2.27. The number of nitrogens with zero attached hydrogens (tertiary/aromatic N) is 1. The van der Waals surface area contributed by atoms with Crippen molar-refractivity contribution in [2.75, 3.05) is 29.9 Å². The topological polar surface area (TPSA) is 44.4 Å². The highest BCUT2D eigenvalue weighted by molar-refractivity contribution is 5.93. The van der Waals surface area contributed by atoms with Gasteiger partial charge in [0.25, 0.3) is 0 Å². The third-order valence-corrected chi connectivity index (χ3v) is 3.86. The van der Waals surface area contributed by atoms with E-state index in [9.17, 15) is 4.79 Å². The van der Waals surface area contributed by atoms with Gasteiger partial charge in [0.1, 0.15) is 0 Å². The highest BCUT2D eigenvalue weighted by atomic mass is 16.1. The number of amides is 1. The number of benzene rings is 1. The third-order valence-electron chi connectivity index (χ3n) is 3.86. The average molecular weight is 275 g/mol. The molecule has 4 nitrogen and oxygen atoms in total. The molecule has 1 heterocycles. The molecular weight excluding hydrogens is 250 g/mol. The van der Waals surface area contributed by atoms with Crippen LogP contribution in [-0.2, 0) is 4.79 Å². The van der Waals surface area contributed by atoms with Crippen molar-refractivity contribution in [3.8, 4) is 0 Å². The zero-order chi connectivity index (χ0) is 14.5. The van der Waals surface area contributed by atoms with Crippen LogP contribution in [0.15, 0.2) is 24.3 Å². The van der Waals surface area contributed by atoms with Gasteiger partial charge in [-0.1, -0.05) is 0 Å². The van der Waals surface area contributed by atoms with Crippen LogP contribution in [0.1, 0.15) is 27.2 Å². The first-order valence-corrected chi connectivity index (χ1v) is 7.50. The molecule has 1 amide bonds. The van der Waals surface area contributed by atoms with Gasteiger partial charge in [-0.25, -0.2) is 0 Å². The Balaban J connectivity index is 1.99. The lowest BCUT2D eigenvalue weighted by atomic mass is 10.1. The summed E-state index contributed by atoms with van der Waals surface area (Å²) in [5.74, 6) is 0.233. The van der Waals surface area contributed by atoms with Crippen LogP contribution >= 0.6 is 0 Å². The molecule has 1 aromatic rings. The van der Waals surface area contributed by atoms with Gasteiger partial charge in [-0.3, -0.25) is 4.79 Å². The third kappa shape index (κ3) is 3.51. The van der Waals surface area contributed by atoms with Gasteiger partial charge in [0.2, 0.25) is 5.91 Å². The van der Waals surface area contributed by atoms with Crippen molar-refractivity contribution in [2.24, 2.45) is 5.92 Å². The van der Waals surface area contributed by atoms with Gasteiger partial charge in [0.15, 0.2) is 0 Å². The van der Waals surface area contributed by atoms with E-state index in [1.807, 2.05) is 12.1 Å². The van der Waals surface area contributed by atoms with Crippen molar-refractivity contribution >= 4 is 17.3 Å². The van der Waals surface area contributed by atoms with Gasteiger partial charge < -0.3 is 15.5 Å². The maximum absolute atomic E-state index is 12.0. The summed E-state index contributed by atoms with van der Waals surface area (Å²) in [6.45, 7) is 9.25. The molecule has 4 heteroatoms. The van der Waals surface area contributed by atoms with Gasteiger partial charge in [-0.05, 0) is 58.0 Å². The summed E-state index contributed by atoms with van der Waals surface area (Å²) in [5.41, 5.74) is 2.08. The molecule has 1 aliphatic rings. The first kappa shape index (κ1) is 14.9. The molecule has 0 radical (unpaired) electrons. The van der Waals surface area contributed by atoms with E-state index < -0.39 is 0 Å². The number of nitrogens with one attached hydrogen (secondary N) is 2. The second kappa shape index (κ2) is 6.75. The van der Waals surface area contributed by atoms with Crippen molar-refractivity contribution in [2.45, 2.75) is 33.2 Å². The molecule has 1 unspecified atom stereocenters. The van der Waals surface area contributed by atoms with Gasteiger partial charge in [-0.2, -0.15) is 0 Å². The highest BCUT2D eigenvalue weighted by Gasteiger charge is 2.22. The normalized spacial score (nSPS) is 18.3. The molecule has 0 bridgehead atoms. The number of anilines is 2. The summed E-state index contributed by atoms with van der Waals surface area (Å²) in [6, 6.07) is 8.60. The fraction of sp³-hybridized carbons (Fsp3) is 0.562. The fourth-order valence-electron chi connectivity index (χ4n) is 2.70. The molecule has 1 saturated heterocycles. The summed E-state index contributed by atoms with van der Waals surface area (Å²) < 4.78 is 0. The van der Waals surface area contributed by atoms with Crippen LogP contribution in [0, 0.1) is 5.92 Å². The maximum Gasteiger partial charge on any atom is 0.228 e. The quantitative estimate of drug-likeness (QED) is 0.867. The van der Waals surface area contributed by atoms with Crippen LogP contribution in [0.3, 0.4) is 0 Å². The monoisotopic (exact) mass is 275 g/mol. The summed E-state index contributed by atoms with van der Waals surface area (Å²) in [7, 11) is 0. The van der Waals surface area contributed by atoms with E-state index in [0.717, 1.165) is 31.7 Å². The van der Waals surface area contributed by atoms with Crippen molar-refractivity contribution < 1.29 is 4.79 Å². The smallest absolute Gasteiger partial charge is 0.228 e. The molecule has 0 aliphatic carbocycles.